The van der Waals surface area contributed by atoms with Crippen LogP contribution in [-0.4, -0.2) is 47.2 Å². The fraction of sp³-hybridized carbons (Fsp3) is 0.368. The van der Waals surface area contributed by atoms with Crippen molar-refractivity contribution in [1.82, 2.24) is 15.1 Å². The van der Waals surface area contributed by atoms with E-state index < -0.39 is 0 Å². The molecule has 0 saturated carbocycles. The molecule has 0 atom stereocenters. The van der Waals surface area contributed by atoms with Gasteiger partial charge in [-0.1, -0.05) is 12.1 Å². The molecule has 0 aliphatic carbocycles. The molecule has 25 heavy (non-hydrogen) atoms. The summed E-state index contributed by atoms with van der Waals surface area (Å²) in [6.45, 7) is 4.99. The predicted molar refractivity (Wildman–Crippen MR) is 95.0 cm³/mol. The lowest BCUT2D eigenvalue weighted by molar-refractivity contribution is -0.130. The lowest BCUT2D eigenvalue weighted by Crippen LogP contribution is -2.36. The number of nitriles is 1. The van der Waals surface area contributed by atoms with Crippen LogP contribution in [0.1, 0.15) is 23.2 Å². The van der Waals surface area contributed by atoms with Crippen LogP contribution in [0.5, 0.6) is 0 Å². The molecule has 1 aromatic carbocycles. The summed E-state index contributed by atoms with van der Waals surface area (Å²) in [6, 6.07) is 13.2. The number of nitrogens with zero attached hydrogens (tertiary/aromatic N) is 5. The van der Waals surface area contributed by atoms with Gasteiger partial charge in [0.05, 0.1) is 23.7 Å². The van der Waals surface area contributed by atoms with Crippen molar-refractivity contribution in [3.05, 3.63) is 53.2 Å². The van der Waals surface area contributed by atoms with E-state index in [4.69, 9.17) is 5.26 Å². The molecule has 2 heterocycles. The average molecular weight is 335 g/mol. The van der Waals surface area contributed by atoms with Gasteiger partial charge < -0.3 is 9.80 Å². The van der Waals surface area contributed by atoms with Crippen molar-refractivity contribution < 1.29 is 4.79 Å². The van der Waals surface area contributed by atoms with Crippen molar-refractivity contribution in [1.29, 1.82) is 5.26 Å². The molecular weight excluding hydrogens is 314 g/mol. The number of aromatic nitrogens is 2. The third kappa shape index (κ3) is 4.32. The van der Waals surface area contributed by atoms with Gasteiger partial charge in [0.25, 0.3) is 0 Å². The first-order chi connectivity index (χ1) is 12.2. The van der Waals surface area contributed by atoms with Crippen molar-refractivity contribution in [3.8, 4) is 6.07 Å². The maximum absolute atomic E-state index is 12.6. The van der Waals surface area contributed by atoms with Crippen molar-refractivity contribution in [2.45, 2.75) is 19.8 Å². The number of amides is 1. The highest BCUT2D eigenvalue weighted by molar-refractivity contribution is 5.79. The van der Waals surface area contributed by atoms with Crippen molar-refractivity contribution in [2.75, 3.05) is 31.1 Å². The first kappa shape index (κ1) is 16.9. The number of anilines is 1. The van der Waals surface area contributed by atoms with E-state index in [1.54, 1.807) is 12.1 Å². The number of carbonyl (C=O) groups is 1. The minimum Gasteiger partial charge on any atom is -0.353 e. The standard InChI is InChI=1S/C19H21N5O/c1-15-3-8-18(22-21-15)23-9-2-10-24(12-11-23)19(25)13-16-4-6-17(14-20)7-5-16/h3-8H,2,9-13H2,1H3. The molecule has 6 nitrogen and oxygen atoms in total. The summed E-state index contributed by atoms with van der Waals surface area (Å²) in [5, 5.41) is 17.2. The molecule has 1 aromatic heterocycles. The normalized spacial score (nSPS) is 14.7. The van der Waals surface area contributed by atoms with Crippen molar-refractivity contribution in [2.24, 2.45) is 0 Å². The Labute approximate surface area is 147 Å². The molecule has 0 N–H and O–H groups in total. The van der Waals surface area contributed by atoms with Gasteiger partial charge in [-0.3, -0.25) is 4.79 Å². The summed E-state index contributed by atoms with van der Waals surface area (Å²) in [7, 11) is 0. The van der Waals surface area contributed by atoms with Crippen molar-refractivity contribution in [3.63, 3.8) is 0 Å². The second-order valence-corrected chi connectivity index (χ2v) is 6.24. The number of benzene rings is 1. The van der Waals surface area contributed by atoms with Gasteiger partial charge in [0, 0.05) is 26.2 Å². The van der Waals surface area contributed by atoms with Gasteiger partial charge in [0.15, 0.2) is 5.82 Å². The largest absolute Gasteiger partial charge is 0.353 e. The van der Waals surface area contributed by atoms with Gasteiger partial charge in [-0.15, -0.1) is 5.10 Å². The Morgan fingerprint density at radius 3 is 2.56 bits per heavy atom. The molecule has 1 aliphatic heterocycles. The van der Waals surface area contributed by atoms with E-state index in [9.17, 15) is 4.79 Å². The zero-order valence-corrected chi connectivity index (χ0v) is 14.4. The average Bonchev–Trinajstić information content (AvgIpc) is 2.89. The van der Waals surface area contributed by atoms with Gasteiger partial charge >= 0.3 is 0 Å². The summed E-state index contributed by atoms with van der Waals surface area (Å²) in [5.41, 5.74) is 2.45. The highest BCUT2D eigenvalue weighted by atomic mass is 16.2. The van der Waals surface area contributed by atoms with E-state index >= 15 is 0 Å². The molecule has 2 aromatic rings. The molecule has 1 fully saturated rings. The molecular formula is C19H21N5O. The van der Waals surface area contributed by atoms with Gasteiger partial charge in [-0.2, -0.15) is 10.4 Å². The van der Waals surface area contributed by atoms with Crippen LogP contribution in [0.2, 0.25) is 0 Å². The molecule has 1 aliphatic rings. The van der Waals surface area contributed by atoms with E-state index in [0.717, 1.165) is 43.1 Å². The first-order valence-electron chi connectivity index (χ1n) is 8.48. The fourth-order valence-corrected chi connectivity index (χ4v) is 2.94. The molecule has 6 heteroatoms. The van der Waals surface area contributed by atoms with E-state index in [0.29, 0.717) is 18.5 Å². The Morgan fingerprint density at radius 1 is 1.08 bits per heavy atom. The minimum absolute atomic E-state index is 0.126. The van der Waals surface area contributed by atoms with Gasteiger partial charge in [0.2, 0.25) is 5.91 Å². The number of carbonyl (C=O) groups excluding carboxylic acids is 1. The molecule has 0 bridgehead atoms. The molecule has 0 radical (unpaired) electrons. The predicted octanol–water partition coefficient (Wildman–Crippen LogP) is 1.94. The van der Waals surface area contributed by atoms with Crippen LogP contribution in [0, 0.1) is 18.3 Å². The molecule has 1 amide bonds. The third-order valence-corrected chi connectivity index (χ3v) is 4.39. The molecule has 0 unspecified atom stereocenters. The smallest absolute Gasteiger partial charge is 0.227 e. The van der Waals surface area contributed by atoms with Crippen LogP contribution in [-0.2, 0) is 11.2 Å². The van der Waals surface area contributed by atoms with Crippen LogP contribution in [0.15, 0.2) is 36.4 Å². The SMILES string of the molecule is Cc1ccc(N2CCCN(C(=O)Cc3ccc(C#N)cc3)CC2)nn1. The molecule has 0 spiro atoms. The first-order valence-corrected chi connectivity index (χ1v) is 8.48. The van der Waals surface area contributed by atoms with E-state index in [1.165, 1.54) is 0 Å². The number of rotatable bonds is 3. The fourth-order valence-electron chi connectivity index (χ4n) is 2.94. The minimum atomic E-state index is 0.126. The number of aryl methyl sites for hydroxylation is 1. The summed E-state index contributed by atoms with van der Waals surface area (Å²) >= 11 is 0. The van der Waals surface area contributed by atoms with E-state index in [2.05, 4.69) is 21.2 Å². The monoisotopic (exact) mass is 335 g/mol. The lowest BCUT2D eigenvalue weighted by Gasteiger charge is -2.22. The summed E-state index contributed by atoms with van der Waals surface area (Å²) in [5.74, 6) is 0.994. The van der Waals surface area contributed by atoms with Crippen molar-refractivity contribution >= 4 is 11.7 Å². The van der Waals surface area contributed by atoms with E-state index in [1.807, 2.05) is 36.1 Å². The highest BCUT2D eigenvalue weighted by Crippen LogP contribution is 2.14. The maximum Gasteiger partial charge on any atom is 0.227 e. The Balaban J connectivity index is 1.59. The second-order valence-electron chi connectivity index (χ2n) is 6.24. The highest BCUT2D eigenvalue weighted by Gasteiger charge is 2.20. The van der Waals surface area contributed by atoms with Crippen LogP contribution in [0.25, 0.3) is 0 Å². The third-order valence-electron chi connectivity index (χ3n) is 4.39. The second kappa shape index (κ2) is 7.75. The summed E-state index contributed by atoms with van der Waals surface area (Å²) in [6.07, 6.45) is 1.28. The Morgan fingerprint density at radius 2 is 1.88 bits per heavy atom. The Kier molecular flexibility index (Phi) is 5.24. The topological polar surface area (TPSA) is 73.1 Å². The molecule has 1 saturated heterocycles. The Bertz CT molecular complexity index is 764. The van der Waals surface area contributed by atoms with Crippen LogP contribution in [0.4, 0.5) is 5.82 Å². The lowest BCUT2D eigenvalue weighted by atomic mass is 10.1. The number of hydrogen-bond donors (Lipinski definition) is 0. The van der Waals surface area contributed by atoms with Crippen LogP contribution in [0.3, 0.4) is 0 Å². The molecule has 3 rings (SSSR count). The number of hydrogen-bond acceptors (Lipinski definition) is 5. The van der Waals surface area contributed by atoms with Gasteiger partial charge in [-0.25, -0.2) is 0 Å². The quantitative estimate of drug-likeness (QED) is 0.857. The van der Waals surface area contributed by atoms with Gasteiger partial charge in [0.1, 0.15) is 0 Å². The van der Waals surface area contributed by atoms with Crippen LogP contribution >= 0.6 is 0 Å². The zero-order chi connectivity index (χ0) is 17.6. The van der Waals surface area contributed by atoms with E-state index in [-0.39, 0.29) is 5.91 Å². The summed E-state index contributed by atoms with van der Waals surface area (Å²) in [4.78, 5) is 16.7. The maximum atomic E-state index is 12.6. The van der Waals surface area contributed by atoms with Gasteiger partial charge in [-0.05, 0) is 43.2 Å². The summed E-state index contributed by atoms with van der Waals surface area (Å²) < 4.78 is 0. The molecule has 128 valence electrons. The Hall–Kier alpha value is -2.94. The van der Waals surface area contributed by atoms with Crippen LogP contribution < -0.4 is 4.90 Å². The zero-order valence-electron chi connectivity index (χ0n) is 14.4.